The highest BCUT2D eigenvalue weighted by molar-refractivity contribution is 5.76. The van der Waals surface area contributed by atoms with Crippen molar-refractivity contribution < 1.29 is 19.1 Å². The van der Waals surface area contributed by atoms with Crippen molar-refractivity contribution in [1.29, 1.82) is 0 Å². The van der Waals surface area contributed by atoms with Gasteiger partial charge in [-0.25, -0.2) is 4.79 Å². The number of hydrogen-bond acceptors (Lipinski definition) is 4. The molecular weight excluding hydrogens is 370 g/mol. The van der Waals surface area contributed by atoms with Crippen molar-refractivity contribution in [3.63, 3.8) is 0 Å². The third-order valence-corrected chi connectivity index (χ3v) is 5.05. The minimum absolute atomic E-state index is 0.0291. The smallest absolute Gasteiger partial charge is 0.318 e. The third kappa shape index (κ3) is 4.62. The molecule has 0 saturated carbocycles. The number of nitrogens with one attached hydrogen (secondary N) is 1. The Labute approximate surface area is 170 Å². The predicted molar refractivity (Wildman–Crippen MR) is 110 cm³/mol. The summed E-state index contributed by atoms with van der Waals surface area (Å²) in [5, 5.41) is 2.98. The second-order valence-electron chi connectivity index (χ2n) is 7.83. The van der Waals surface area contributed by atoms with E-state index in [1.807, 2.05) is 29.2 Å². The number of primary amides is 1. The normalized spacial score (nSPS) is 17.2. The second-order valence-corrected chi connectivity index (χ2v) is 7.83. The molecule has 1 aliphatic rings. The maximum absolute atomic E-state index is 12.8. The number of likely N-dealkylation sites (tertiary alicyclic amines) is 1. The molecule has 3 N–H and O–H groups in total. The predicted octanol–water partition coefficient (Wildman–Crippen LogP) is 2.85. The Hall–Kier alpha value is -3.22. The Balaban J connectivity index is 1.64. The van der Waals surface area contributed by atoms with Gasteiger partial charge in [0.1, 0.15) is 0 Å². The summed E-state index contributed by atoms with van der Waals surface area (Å²) in [6, 6.07) is 15.3. The van der Waals surface area contributed by atoms with Crippen LogP contribution in [-0.4, -0.2) is 37.1 Å². The number of benzene rings is 2. The fraction of sp³-hybridized carbons (Fsp3) is 0.364. The lowest BCUT2D eigenvalue weighted by molar-refractivity contribution is -0.119. The second kappa shape index (κ2) is 8.43. The average Bonchev–Trinajstić information content (AvgIpc) is 2.69. The molecule has 0 aromatic heterocycles. The van der Waals surface area contributed by atoms with Crippen LogP contribution in [0.25, 0.3) is 0 Å². The molecule has 154 valence electrons. The van der Waals surface area contributed by atoms with Crippen molar-refractivity contribution in [2.24, 2.45) is 11.1 Å². The van der Waals surface area contributed by atoms with E-state index in [4.69, 9.17) is 15.2 Å². The fourth-order valence-corrected chi connectivity index (χ4v) is 3.75. The van der Waals surface area contributed by atoms with Gasteiger partial charge in [-0.1, -0.05) is 50.2 Å². The van der Waals surface area contributed by atoms with Crippen LogP contribution < -0.4 is 20.5 Å². The lowest BCUT2D eigenvalue weighted by Gasteiger charge is -2.54. The molecule has 2 aromatic carbocycles. The number of urea groups is 1. The molecule has 0 aliphatic carbocycles. The van der Waals surface area contributed by atoms with Gasteiger partial charge in [-0.2, -0.15) is 0 Å². The Morgan fingerprint density at radius 1 is 1.17 bits per heavy atom. The minimum atomic E-state index is -0.561. The Morgan fingerprint density at radius 2 is 1.90 bits per heavy atom. The molecule has 29 heavy (non-hydrogen) atoms. The van der Waals surface area contributed by atoms with Crippen molar-refractivity contribution in [3.8, 4) is 11.5 Å². The number of nitrogens with two attached hydrogens (primary N) is 1. The molecule has 3 amide bonds. The Morgan fingerprint density at radius 3 is 2.52 bits per heavy atom. The summed E-state index contributed by atoms with van der Waals surface area (Å²) in [6.07, 6.45) is 0. The van der Waals surface area contributed by atoms with E-state index >= 15 is 0 Å². The largest absolute Gasteiger partial charge is 0.493 e. The first-order valence-electron chi connectivity index (χ1n) is 9.49. The summed E-state index contributed by atoms with van der Waals surface area (Å²) < 4.78 is 10.6. The molecule has 2 aromatic rings. The van der Waals surface area contributed by atoms with Gasteiger partial charge in [0.05, 0.1) is 13.2 Å². The van der Waals surface area contributed by atoms with E-state index in [2.05, 4.69) is 31.3 Å². The molecule has 7 heteroatoms. The zero-order chi connectivity index (χ0) is 21.0. The zero-order valence-electron chi connectivity index (χ0n) is 17.0. The molecule has 1 atom stereocenters. The molecule has 0 radical (unpaired) electrons. The number of hydrogen-bond donors (Lipinski definition) is 2. The van der Waals surface area contributed by atoms with Crippen LogP contribution in [0, 0.1) is 5.41 Å². The number of rotatable bonds is 7. The number of nitrogens with zero attached hydrogens (tertiary/aromatic N) is 1. The van der Waals surface area contributed by atoms with Crippen molar-refractivity contribution in [3.05, 3.63) is 59.7 Å². The van der Waals surface area contributed by atoms with Gasteiger partial charge in [0.2, 0.25) is 0 Å². The van der Waals surface area contributed by atoms with E-state index in [9.17, 15) is 9.59 Å². The third-order valence-electron chi connectivity index (χ3n) is 5.05. The number of amides is 3. The summed E-state index contributed by atoms with van der Waals surface area (Å²) in [5.41, 5.74) is 7.13. The lowest BCUT2D eigenvalue weighted by atomic mass is 9.72. The highest BCUT2D eigenvalue weighted by Crippen LogP contribution is 2.48. The monoisotopic (exact) mass is 397 g/mol. The number of carbonyl (C=O) groups is 2. The molecule has 1 fully saturated rings. The van der Waals surface area contributed by atoms with Gasteiger partial charge in [0.15, 0.2) is 18.1 Å². The number of methoxy groups -OCH3 is 1. The molecule has 7 nitrogen and oxygen atoms in total. The molecule has 1 saturated heterocycles. The minimum Gasteiger partial charge on any atom is -0.493 e. The highest BCUT2D eigenvalue weighted by Gasteiger charge is 2.48. The Kier molecular flexibility index (Phi) is 5.96. The van der Waals surface area contributed by atoms with Gasteiger partial charge in [-0.05, 0) is 23.3 Å². The van der Waals surface area contributed by atoms with Gasteiger partial charge in [0, 0.05) is 18.5 Å². The molecule has 1 aliphatic heterocycles. The maximum Gasteiger partial charge on any atom is 0.318 e. The number of carbonyl (C=O) groups excluding carboxylic acids is 2. The van der Waals surface area contributed by atoms with E-state index in [-0.39, 0.29) is 24.1 Å². The van der Waals surface area contributed by atoms with E-state index in [0.29, 0.717) is 24.6 Å². The van der Waals surface area contributed by atoms with Crippen LogP contribution in [0.2, 0.25) is 0 Å². The van der Waals surface area contributed by atoms with E-state index in [1.54, 1.807) is 12.1 Å². The van der Waals surface area contributed by atoms with Gasteiger partial charge < -0.3 is 25.4 Å². The average molecular weight is 397 g/mol. The highest BCUT2D eigenvalue weighted by atomic mass is 16.5. The van der Waals surface area contributed by atoms with Crippen molar-refractivity contribution in [2.75, 3.05) is 20.3 Å². The first-order chi connectivity index (χ1) is 13.8. The van der Waals surface area contributed by atoms with Crippen LogP contribution in [-0.2, 0) is 11.3 Å². The molecule has 0 bridgehead atoms. The zero-order valence-corrected chi connectivity index (χ0v) is 17.0. The van der Waals surface area contributed by atoms with Crippen LogP contribution in [0.3, 0.4) is 0 Å². The van der Waals surface area contributed by atoms with Gasteiger partial charge in [-0.3, -0.25) is 4.79 Å². The number of ether oxygens (including phenoxy) is 2. The van der Waals surface area contributed by atoms with Crippen LogP contribution in [0.1, 0.15) is 31.0 Å². The fourth-order valence-electron chi connectivity index (χ4n) is 3.75. The first-order valence-corrected chi connectivity index (χ1v) is 9.49. The SMILES string of the molecule is COc1cc(CNC(=O)N2CC(C)(C)C2c2ccccc2)ccc1OCC(N)=O. The van der Waals surface area contributed by atoms with E-state index in [0.717, 1.165) is 11.1 Å². The van der Waals surface area contributed by atoms with E-state index in [1.165, 1.54) is 7.11 Å². The quantitative estimate of drug-likeness (QED) is 0.751. The summed E-state index contributed by atoms with van der Waals surface area (Å²) in [6.45, 7) is 5.16. The Bertz CT molecular complexity index is 883. The maximum atomic E-state index is 12.8. The summed E-state index contributed by atoms with van der Waals surface area (Å²) in [7, 11) is 1.52. The van der Waals surface area contributed by atoms with Crippen molar-refractivity contribution in [1.82, 2.24) is 10.2 Å². The van der Waals surface area contributed by atoms with Crippen LogP contribution in [0.5, 0.6) is 11.5 Å². The van der Waals surface area contributed by atoms with Crippen LogP contribution >= 0.6 is 0 Å². The van der Waals surface area contributed by atoms with Gasteiger partial charge in [-0.15, -0.1) is 0 Å². The topological polar surface area (TPSA) is 93.9 Å². The molecule has 0 spiro atoms. The first kappa shape index (κ1) is 20.5. The standard InChI is InChI=1S/C22H27N3O4/c1-22(2)14-25(20(22)16-7-5-4-6-8-16)21(27)24-12-15-9-10-17(18(11-15)28-3)29-13-19(23)26/h4-11,20H,12-14H2,1-3H3,(H2,23,26)(H,24,27). The van der Waals surface area contributed by atoms with Crippen molar-refractivity contribution in [2.45, 2.75) is 26.4 Å². The summed E-state index contributed by atoms with van der Waals surface area (Å²) >= 11 is 0. The summed E-state index contributed by atoms with van der Waals surface area (Å²) in [4.78, 5) is 25.5. The summed E-state index contributed by atoms with van der Waals surface area (Å²) in [5.74, 6) is 0.342. The van der Waals surface area contributed by atoms with Gasteiger partial charge >= 0.3 is 6.03 Å². The van der Waals surface area contributed by atoms with Crippen LogP contribution in [0.15, 0.2) is 48.5 Å². The van der Waals surface area contributed by atoms with Gasteiger partial charge in [0.25, 0.3) is 5.91 Å². The molecule has 1 unspecified atom stereocenters. The van der Waals surface area contributed by atoms with Crippen LogP contribution in [0.4, 0.5) is 4.79 Å². The lowest BCUT2D eigenvalue weighted by Crippen LogP contribution is -2.60. The van der Waals surface area contributed by atoms with Crippen molar-refractivity contribution >= 4 is 11.9 Å². The van der Waals surface area contributed by atoms with E-state index < -0.39 is 5.91 Å². The molecular formula is C22H27N3O4. The molecule has 3 rings (SSSR count). The molecule has 1 heterocycles.